The van der Waals surface area contributed by atoms with Gasteiger partial charge in [-0.25, -0.2) is 4.79 Å². The molecule has 0 aliphatic rings. The van der Waals surface area contributed by atoms with Crippen molar-refractivity contribution in [3.8, 4) is 0 Å². The van der Waals surface area contributed by atoms with Crippen molar-refractivity contribution in [2.75, 3.05) is 0 Å². The molecule has 0 aliphatic heterocycles. The van der Waals surface area contributed by atoms with E-state index in [0.717, 1.165) is 19.3 Å². The van der Waals surface area contributed by atoms with Gasteiger partial charge in [-0.1, -0.05) is 39.2 Å². The van der Waals surface area contributed by atoms with Crippen LogP contribution in [-0.2, 0) is 14.3 Å². The predicted octanol–water partition coefficient (Wildman–Crippen LogP) is 2.84. The maximum absolute atomic E-state index is 11.1. The maximum atomic E-state index is 11.1. The molecule has 3 nitrogen and oxygen atoms in total. The van der Waals surface area contributed by atoms with Crippen LogP contribution in [-0.4, -0.2) is 35.0 Å². The van der Waals surface area contributed by atoms with Gasteiger partial charge in [0.1, 0.15) is 0 Å². The molecule has 0 radical (unpaired) electrons. The summed E-state index contributed by atoms with van der Waals surface area (Å²) in [6.07, 6.45) is 5.64. The first-order chi connectivity index (χ1) is 7.07. The third kappa shape index (κ3) is 10.2. The van der Waals surface area contributed by atoms with E-state index in [9.17, 15) is 9.59 Å². The third-order valence-corrected chi connectivity index (χ3v) is 2.04. The molecule has 0 saturated heterocycles. The molecule has 0 atom stereocenters. The van der Waals surface area contributed by atoms with Crippen molar-refractivity contribution in [1.82, 2.24) is 0 Å². The van der Waals surface area contributed by atoms with Crippen LogP contribution in [0.5, 0.6) is 0 Å². The predicted molar refractivity (Wildman–Crippen MR) is 67.3 cm³/mol. The molecule has 0 aromatic carbocycles. The molecule has 0 unspecified atom stereocenters. The Kier molecular flexibility index (Phi) is 12.6. The average molecular weight is 239 g/mol. The molecule has 90 valence electrons. The smallest absolute Gasteiger partial charge is 1.00 e. The Bertz CT molecular complexity index is 245. The zero-order valence-electron chi connectivity index (χ0n) is 12.4. The summed E-state index contributed by atoms with van der Waals surface area (Å²) in [4.78, 5) is 22.1. The van der Waals surface area contributed by atoms with Crippen LogP contribution < -0.4 is 0 Å². The first kappa shape index (κ1) is 18.0. The minimum atomic E-state index is -0.617. The first-order valence-corrected chi connectivity index (χ1v) is 5.48. The van der Waals surface area contributed by atoms with E-state index in [1.54, 1.807) is 0 Å². The fraction of sp³-hybridized carbons (Fsp3) is 0.667. The maximum Gasteiger partial charge on any atom is 2.00 e. The summed E-state index contributed by atoms with van der Waals surface area (Å²) in [6.45, 7) is 7.07. The quantitative estimate of drug-likeness (QED) is 0.225. The van der Waals surface area contributed by atoms with Crippen molar-refractivity contribution in [3.05, 3.63) is 12.2 Å². The minimum Gasteiger partial charge on any atom is -1.00 e. The van der Waals surface area contributed by atoms with Gasteiger partial charge in [0.25, 0.3) is 0 Å². The molecule has 0 fully saturated rings. The normalized spacial score (nSPS) is 9.12. The summed E-state index contributed by atoms with van der Waals surface area (Å²) in [6, 6.07) is 0. The van der Waals surface area contributed by atoms with E-state index in [0.29, 0.717) is 6.42 Å². The Morgan fingerprint density at radius 3 is 2.25 bits per heavy atom. The number of ether oxygens (including phenoxy) is 1. The third-order valence-electron chi connectivity index (χ3n) is 2.04. The Labute approximate surface area is 117 Å². The average Bonchev–Trinajstić information content (AvgIpc) is 2.17. The van der Waals surface area contributed by atoms with Crippen LogP contribution >= 0.6 is 0 Å². The second-order valence-electron chi connectivity index (χ2n) is 3.71. The summed E-state index contributed by atoms with van der Waals surface area (Å²) in [7, 11) is 0. The number of rotatable bonds is 7. The van der Waals surface area contributed by atoms with Crippen LogP contribution in [0, 0.1) is 0 Å². The zero-order valence-corrected chi connectivity index (χ0v) is 11.8. The van der Waals surface area contributed by atoms with Crippen molar-refractivity contribution < 1.29 is 17.2 Å². The molecule has 4 heteroatoms. The van der Waals surface area contributed by atoms with Gasteiger partial charge in [0, 0.05) is 12.0 Å². The van der Waals surface area contributed by atoms with Gasteiger partial charge in [0.05, 0.1) is 0 Å². The molecule has 16 heavy (non-hydrogen) atoms. The van der Waals surface area contributed by atoms with Gasteiger partial charge in [0.15, 0.2) is 0 Å². The zero-order chi connectivity index (χ0) is 11.7. The second kappa shape index (κ2) is 11.1. The molecule has 0 spiro atoms. The van der Waals surface area contributed by atoms with Gasteiger partial charge in [-0.15, -0.1) is 0 Å². The van der Waals surface area contributed by atoms with Gasteiger partial charge in [-0.2, -0.15) is 0 Å². The van der Waals surface area contributed by atoms with E-state index in [4.69, 9.17) is 0 Å². The fourth-order valence-electron chi connectivity index (χ4n) is 1.11. The van der Waals surface area contributed by atoms with Crippen LogP contribution in [0.1, 0.15) is 55.2 Å². The van der Waals surface area contributed by atoms with E-state index in [1.165, 1.54) is 19.8 Å². The summed E-state index contributed by atoms with van der Waals surface area (Å²) >= 11 is 0. The first-order valence-electron chi connectivity index (χ1n) is 5.48. The van der Waals surface area contributed by atoms with Gasteiger partial charge in [-0.3, -0.25) is 4.79 Å². The summed E-state index contributed by atoms with van der Waals surface area (Å²) in [5.74, 6) is -1.06. The van der Waals surface area contributed by atoms with E-state index in [-0.39, 0.29) is 31.5 Å². The Morgan fingerprint density at radius 2 is 1.75 bits per heavy atom. The monoisotopic (exact) mass is 238 g/mol. The number of hydrogen-bond donors (Lipinski definition) is 0. The van der Waals surface area contributed by atoms with Crippen LogP contribution in [0.2, 0.25) is 0 Å². The number of unbranched alkanes of at least 4 members (excludes halogenated alkanes) is 4. The van der Waals surface area contributed by atoms with E-state index >= 15 is 0 Å². The molecule has 0 bridgehead atoms. The Hall–Kier alpha value is -0.354. The largest absolute Gasteiger partial charge is 2.00 e. The van der Waals surface area contributed by atoms with Crippen molar-refractivity contribution in [2.45, 2.75) is 52.4 Å². The molecule has 0 aromatic heterocycles. The standard InChI is InChI=1S/C12H20O3.Mg.2H/c1-4-5-6-7-8-9-11(13)15-12(14)10(2)3;;;/h2,4-9H2,1,3H3;;;/q;+2;2*-1. The molecule has 0 N–H and O–H groups in total. The van der Waals surface area contributed by atoms with Crippen molar-refractivity contribution in [2.24, 2.45) is 0 Å². The molecular formula is C12H22MgO3. The van der Waals surface area contributed by atoms with Crippen molar-refractivity contribution >= 4 is 35.0 Å². The van der Waals surface area contributed by atoms with Crippen LogP contribution in [0.3, 0.4) is 0 Å². The summed E-state index contributed by atoms with van der Waals surface area (Å²) in [5.41, 5.74) is 0.259. The molecule has 0 amide bonds. The molecule has 0 aromatic rings. The van der Waals surface area contributed by atoms with Gasteiger partial charge in [0.2, 0.25) is 0 Å². The SMILES string of the molecule is C=C(C)C(=O)OC(=O)CCCCCCC.[H-].[H-].[Mg+2]. The number of carbonyl (C=O) groups is 2. The molecule has 0 heterocycles. The van der Waals surface area contributed by atoms with E-state index in [1.807, 2.05) is 0 Å². The molecule has 0 saturated carbocycles. The summed E-state index contributed by atoms with van der Waals surface area (Å²) < 4.78 is 4.54. The van der Waals surface area contributed by atoms with Crippen molar-refractivity contribution in [1.29, 1.82) is 0 Å². The van der Waals surface area contributed by atoms with Gasteiger partial charge < -0.3 is 7.59 Å². The topological polar surface area (TPSA) is 43.4 Å². The van der Waals surface area contributed by atoms with Crippen molar-refractivity contribution in [3.63, 3.8) is 0 Å². The van der Waals surface area contributed by atoms with Crippen LogP contribution in [0.25, 0.3) is 0 Å². The molecular weight excluding hydrogens is 216 g/mol. The van der Waals surface area contributed by atoms with E-state index in [2.05, 4.69) is 18.2 Å². The second-order valence-corrected chi connectivity index (χ2v) is 3.71. The summed E-state index contributed by atoms with van der Waals surface area (Å²) in [5, 5.41) is 0. The van der Waals surface area contributed by atoms with E-state index < -0.39 is 11.9 Å². The fourth-order valence-corrected chi connectivity index (χ4v) is 1.11. The molecule has 0 aliphatic carbocycles. The number of esters is 2. The minimum absolute atomic E-state index is 0. The number of hydrogen-bond acceptors (Lipinski definition) is 3. The van der Waals surface area contributed by atoms with Gasteiger partial charge in [-0.05, 0) is 13.3 Å². The molecule has 0 rings (SSSR count). The van der Waals surface area contributed by atoms with Crippen LogP contribution in [0.4, 0.5) is 0 Å². The van der Waals surface area contributed by atoms with Gasteiger partial charge >= 0.3 is 35.0 Å². The Balaban J connectivity index is -0.000000327. The Morgan fingerprint density at radius 1 is 1.19 bits per heavy atom. The number of carbonyl (C=O) groups excluding carboxylic acids is 2. The van der Waals surface area contributed by atoms with Crippen LogP contribution in [0.15, 0.2) is 12.2 Å².